The number of aryl methyl sites for hydroxylation is 2. The van der Waals surface area contributed by atoms with Crippen molar-refractivity contribution in [2.45, 2.75) is 13.8 Å². The minimum Gasteiger partial charge on any atom is -0.290 e. The van der Waals surface area contributed by atoms with Gasteiger partial charge in [0.2, 0.25) is 0 Å². The van der Waals surface area contributed by atoms with Crippen LogP contribution in [0.5, 0.6) is 0 Å². The molecule has 3 heteroatoms. The number of fused-ring (bicyclic) bond motifs is 2. The van der Waals surface area contributed by atoms with Crippen LogP contribution >= 0.6 is 11.3 Å². The molecule has 0 fully saturated rings. The Morgan fingerprint density at radius 2 is 1.41 bits per heavy atom. The highest BCUT2D eigenvalue weighted by atomic mass is 32.1. The fourth-order valence-corrected chi connectivity index (χ4v) is 4.92. The molecule has 1 aliphatic heterocycles. The van der Waals surface area contributed by atoms with Gasteiger partial charge in [-0.3, -0.25) is 4.79 Å². The molecule has 3 aromatic carbocycles. The van der Waals surface area contributed by atoms with E-state index in [0.717, 1.165) is 37.5 Å². The van der Waals surface area contributed by atoms with E-state index in [-0.39, 0.29) is 5.43 Å². The van der Waals surface area contributed by atoms with Gasteiger partial charge in [0.15, 0.2) is 5.43 Å². The van der Waals surface area contributed by atoms with Crippen LogP contribution < -0.4 is 5.43 Å². The van der Waals surface area contributed by atoms with E-state index in [4.69, 9.17) is 4.98 Å². The van der Waals surface area contributed by atoms with Crippen LogP contribution in [-0.4, -0.2) is 4.98 Å². The lowest BCUT2D eigenvalue weighted by atomic mass is 9.97. The van der Waals surface area contributed by atoms with Gasteiger partial charge < -0.3 is 0 Å². The lowest BCUT2D eigenvalue weighted by Gasteiger charge is -2.14. The number of nitrogens with zero attached hydrogens (tertiary/aromatic N) is 1. The highest BCUT2D eigenvalue weighted by molar-refractivity contribution is 7.21. The Bertz CT molecular complexity index is 1400. The number of aromatic nitrogens is 1. The topological polar surface area (TPSA) is 30.0 Å². The fraction of sp³-hybridized carbons (Fsp3) is 0.0769. The molecular formula is C26H19NOS. The number of hydrogen-bond donors (Lipinski definition) is 0. The average Bonchev–Trinajstić information content (AvgIpc) is 2.72. The van der Waals surface area contributed by atoms with Crippen LogP contribution in [0.3, 0.4) is 0 Å². The third-order valence-electron chi connectivity index (χ3n) is 5.35. The van der Waals surface area contributed by atoms with Crippen molar-refractivity contribution in [2.24, 2.45) is 0 Å². The largest absolute Gasteiger partial charge is 0.290 e. The van der Waals surface area contributed by atoms with E-state index in [1.807, 2.05) is 12.1 Å². The number of benzene rings is 4. The van der Waals surface area contributed by atoms with Crippen molar-refractivity contribution in [2.75, 3.05) is 0 Å². The van der Waals surface area contributed by atoms with Crippen LogP contribution in [0.1, 0.15) is 11.1 Å². The summed E-state index contributed by atoms with van der Waals surface area (Å²) in [6.45, 7) is 4.19. The number of rotatable bonds is 2. The van der Waals surface area contributed by atoms with Crippen LogP contribution in [-0.2, 0) is 0 Å². The molecule has 0 aromatic heterocycles. The Balaban J connectivity index is 1.77. The average molecular weight is 394 g/mol. The van der Waals surface area contributed by atoms with Gasteiger partial charge in [0, 0.05) is 11.6 Å². The number of hydrogen-bond acceptors (Lipinski definition) is 3. The molecule has 0 radical (unpaired) electrons. The highest BCUT2D eigenvalue weighted by Gasteiger charge is 2.16. The molecule has 1 aliphatic carbocycles. The molecule has 2 nitrogen and oxygen atoms in total. The van der Waals surface area contributed by atoms with Crippen LogP contribution in [0.4, 0.5) is 0 Å². The second kappa shape index (κ2) is 6.94. The normalized spacial score (nSPS) is 11.2. The first kappa shape index (κ1) is 17.8. The second-order valence-electron chi connectivity index (χ2n) is 7.34. The molecule has 0 N–H and O–H groups in total. The van der Waals surface area contributed by atoms with Crippen molar-refractivity contribution in [3.8, 4) is 32.8 Å². The highest BCUT2D eigenvalue weighted by Crippen LogP contribution is 2.38. The van der Waals surface area contributed by atoms with Gasteiger partial charge >= 0.3 is 0 Å². The van der Waals surface area contributed by atoms with Crippen LogP contribution in [0.15, 0.2) is 83.7 Å². The van der Waals surface area contributed by atoms with Crippen molar-refractivity contribution in [1.29, 1.82) is 0 Å². The third kappa shape index (κ3) is 3.14. The molecule has 0 saturated heterocycles. The van der Waals surface area contributed by atoms with Crippen molar-refractivity contribution in [3.05, 3.63) is 100 Å². The maximum Gasteiger partial charge on any atom is 0.180 e. The predicted octanol–water partition coefficient (Wildman–Crippen LogP) is 6.71. The van der Waals surface area contributed by atoms with E-state index in [9.17, 15) is 4.79 Å². The summed E-state index contributed by atoms with van der Waals surface area (Å²) < 4.78 is 1.08. The first-order valence-electron chi connectivity index (χ1n) is 9.61. The van der Waals surface area contributed by atoms with Crippen LogP contribution in [0.2, 0.25) is 0 Å². The van der Waals surface area contributed by atoms with E-state index in [1.54, 1.807) is 23.5 Å². The lowest BCUT2D eigenvalue weighted by molar-refractivity contribution is 1.38. The van der Waals surface area contributed by atoms with Gasteiger partial charge in [0.25, 0.3) is 0 Å². The molecule has 5 rings (SSSR count). The minimum absolute atomic E-state index is 0.0169. The van der Waals surface area contributed by atoms with Gasteiger partial charge in [0.05, 0.1) is 20.8 Å². The molecule has 0 bridgehead atoms. The Kier molecular flexibility index (Phi) is 4.26. The van der Waals surface area contributed by atoms with Gasteiger partial charge in [-0.1, -0.05) is 54.6 Å². The lowest BCUT2D eigenvalue weighted by Crippen LogP contribution is -2.03. The van der Waals surface area contributed by atoms with Gasteiger partial charge in [0.1, 0.15) is 0 Å². The molecule has 2 aliphatic rings. The maximum absolute atomic E-state index is 12.4. The van der Waals surface area contributed by atoms with Crippen molar-refractivity contribution < 1.29 is 0 Å². The fourth-order valence-electron chi connectivity index (χ4n) is 3.85. The zero-order valence-electron chi connectivity index (χ0n) is 16.3. The summed E-state index contributed by atoms with van der Waals surface area (Å²) in [4.78, 5) is 18.3. The van der Waals surface area contributed by atoms with E-state index in [1.165, 1.54) is 16.7 Å². The zero-order valence-corrected chi connectivity index (χ0v) is 17.1. The van der Waals surface area contributed by atoms with Crippen LogP contribution in [0, 0.1) is 13.8 Å². The first-order valence-corrected chi connectivity index (χ1v) is 10.4. The van der Waals surface area contributed by atoms with Crippen molar-refractivity contribution >= 4 is 21.6 Å². The van der Waals surface area contributed by atoms with Gasteiger partial charge in [-0.25, -0.2) is 4.98 Å². The Morgan fingerprint density at radius 1 is 0.724 bits per heavy atom. The first-order chi connectivity index (χ1) is 14.1. The van der Waals surface area contributed by atoms with Crippen molar-refractivity contribution in [3.63, 3.8) is 0 Å². The molecule has 140 valence electrons. The smallest absolute Gasteiger partial charge is 0.180 e. The molecule has 0 amide bonds. The molecule has 0 atom stereocenters. The predicted molar refractivity (Wildman–Crippen MR) is 123 cm³/mol. The summed E-state index contributed by atoms with van der Waals surface area (Å²) in [6.07, 6.45) is 0. The summed E-state index contributed by atoms with van der Waals surface area (Å²) in [5, 5.41) is 0. The molecule has 0 saturated carbocycles. The molecule has 1 heterocycles. The standard InChI is InChI=1S/C26H19NOS/c1-16-7-3-5-9-20(16)18-11-12-23-24(13-18)29-25-15-19(28)14-22(26(25)27-23)21-10-6-4-8-17(21)2/h3-15H,1-2H3. The molecular weight excluding hydrogens is 374 g/mol. The molecule has 3 aromatic rings. The minimum atomic E-state index is 0.0169. The SMILES string of the molecule is Cc1ccccc1-c1ccc2nc3c(-c4ccccc4C)cc(=O)cc-3sc2c1. The summed E-state index contributed by atoms with van der Waals surface area (Å²) in [5.41, 5.74) is 8.61. The molecule has 0 spiro atoms. The maximum atomic E-state index is 12.4. The van der Waals surface area contributed by atoms with Gasteiger partial charge in [-0.05, 0) is 59.9 Å². The van der Waals surface area contributed by atoms with Gasteiger partial charge in [-0.15, -0.1) is 11.3 Å². The summed E-state index contributed by atoms with van der Waals surface area (Å²) in [6, 6.07) is 26.3. The monoisotopic (exact) mass is 393 g/mol. The molecule has 29 heavy (non-hydrogen) atoms. The summed E-state index contributed by atoms with van der Waals surface area (Å²) in [7, 11) is 0. The van der Waals surface area contributed by atoms with E-state index >= 15 is 0 Å². The second-order valence-corrected chi connectivity index (χ2v) is 8.43. The summed E-state index contributed by atoms with van der Waals surface area (Å²) >= 11 is 1.63. The van der Waals surface area contributed by atoms with Crippen molar-refractivity contribution in [1.82, 2.24) is 4.98 Å². The van der Waals surface area contributed by atoms with Crippen LogP contribution in [0.25, 0.3) is 43.0 Å². The summed E-state index contributed by atoms with van der Waals surface area (Å²) in [5.74, 6) is 0. The Hall–Kier alpha value is -3.30. The van der Waals surface area contributed by atoms with E-state index in [2.05, 4.69) is 68.4 Å². The Labute approximate surface area is 173 Å². The Morgan fingerprint density at radius 3 is 2.14 bits per heavy atom. The third-order valence-corrected chi connectivity index (χ3v) is 6.43. The van der Waals surface area contributed by atoms with E-state index < -0.39 is 0 Å². The molecule has 0 unspecified atom stereocenters. The quantitative estimate of drug-likeness (QED) is 0.312. The zero-order chi connectivity index (χ0) is 20.0. The van der Waals surface area contributed by atoms with Gasteiger partial charge in [-0.2, -0.15) is 0 Å². The van der Waals surface area contributed by atoms with E-state index in [0.29, 0.717) is 0 Å².